The zero-order chi connectivity index (χ0) is 70.3. The van der Waals surface area contributed by atoms with Gasteiger partial charge in [0.1, 0.15) is 0 Å². The van der Waals surface area contributed by atoms with Gasteiger partial charge in [0, 0.05) is 0 Å². The average Bonchev–Trinajstić information content (AvgIpc) is 1.43. The van der Waals surface area contributed by atoms with Crippen LogP contribution in [0.1, 0.15) is 272 Å². The fraction of sp³-hybridized carbons (Fsp3) is 0.696. The van der Waals surface area contributed by atoms with Gasteiger partial charge in [-0.15, -0.1) is 0 Å². The van der Waals surface area contributed by atoms with E-state index in [2.05, 4.69) is 90.1 Å². The quantitative estimate of drug-likeness (QED) is 0.0245. The number of carbonyl (C=O) groups excluding carboxylic acids is 6. The Morgan fingerprint density at radius 1 is 0.430 bits per heavy atom. The lowest BCUT2D eigenvalue weighted by Crippen LogP contribution is -2.42. The summed E-state index contributed by atoms with van der Waals surface area (Å²) in [5, 5.41) is 10.3. The van der Waals surface area contributed by atoms with E-state index in [0.29, 0.717) is 57.0 Å². The second-order valence-electron chi connectivity index (χ2n) is 28.0. The van der Waals surface area contributed by atoms with Gasteiger partial charge in [-0.25, -0.2) is 0 Å². The summed E-state index contributed by atoms with van der Waals surface area (Å²) in [4.78, 5) is 76.3. The molecule has 0 radical (unpaired) electrons. The van der Waals surface area contributed by atoms with Crippen LogP contribution in [0.15, 0.2) is 91.0 Å². The van der Waals surface area contributed by atoms with E-state index in [1.807, 2.05) is 84.0 Å². The number of esters is 6. The monoisotopic (exact) mass is 1300 g/mol. The van der Waals surface area contributed by atoms with Crippen molar-refractivity contribution in [1.82, 2.24) is 0 Å². The summed E-state index contributed by atoms with van der Waals surface area (Å²) in [6.07, 6.45) is 19.9. The predicted octanol–water partition coefficient (Wildman–Crippen LogP) is 18.5. The molecule has 1 N–H and O–H groups in total. The van der Waals surface area contributed by atoms with Crippen LogP contribution in [0.4, 0.5) is 0 Å². The van der Waals surface area contributed by atoms with Crippen LogP contribution < -0.4 is 0 Å². The first-order valence-corrected chi connectivity index (χ1v) is 35.1. The summed E-state index contributed by atoms with van der Waals surface area (Å²) < 4.78 is 35.6. The summed E-state index contributed by atoms with van der Waals surface area (Å²) in [5.41, 5.74) is -0.442. The van der Waals surface area contributed by atoms with Crippen LogP contribution in [0.2, 0.25) is 0 Å². The van der Waals surface area contributed by atoms with Crippen LogP contribution in [0.5, 0.6) is 0 Å². The summed E-state index contributed by atoms with van der Waals surface area (Å²) >= 11 is 0. The Balaban J connectivity index is 0.000000672. The molecule has 0 amide bonds. The number of epoxide rings is 1. The minimum absolute atomic E-state index is 0.176. The number of rotatable bonds is 40. The number of hydrogen-bond donors (Lipinski definition) is 1. The van der Waals surface area contributed by atoms with Crippen LogP contribution in [-0.4, -0.2) is 102 Å². The number of methoxy groups -OCH3 is 6. The third-order valence-electron chi connectivity index (χ3n) is 19.2. The molecule has 0 bridgehead atoms. The molecule has 12 atom stereocenters. The molecule has 93 heavy (non-hydrogen) atoms. The largest absolute Gasteiger partial charge is 0.469 e. The second-order valence-corrected chi connectivity index (χ2v) is 28.0. The molecule has 14 heteroatoms. The molecular weight excluding hydrogens is 1170 g/mol. The number of carbonyl (C=O) groups is 6. The number of hydrogen-bond acceptors (Lipinski definition) is 14. The zero-order valence-corrected chi connectivity index (χ0v) is 61.4. The van der Waals surface area contributed by atoms with Crippen LogP contribution in [0, 0.1) is 38.9 Å². The van der Waals surface area contributed by atoms with Gasteiger partial charge < -0.3 is 38.3 Å². The Morgan fingerprint density at radius 3 is 0.989 bits per heavy atom. The molecule has 1 saturated heterocycles. The summed E-state index contributed by atoms with van der Waals surface area (Å²) in [5.74, 6) is -1.09. The maximum Gasteiger partial charge on any atom is 0.311 e. The molecule has 0 saturated carbocycles. The fourth-order valence-corrected chi connectivity index (χ4v) is 13.8. The van der Waals surface area contributed by atoms with Gasteiger partial charge in [-0.1, -0.05) is 211 Å². The molecule has 14 nitrogen and oxygen atoms in total. The molecule has 0 aliphatic carbocycles. The van der Waals surface area contributed by atoms with Gasteiger partial charge in [0.25, 0.3) is 0 Å². The molecule has 528 valence electrons. The molecule has 3 aromatic carbocycles. The van der Waals surface area contributed by atoms with Gasteiger partial charge in [-0.05, 0) is 158 Å². The molecule has 1 heterocycles. The van der Waals surface area contributed by atoms with Crippen molar-refractivity contribution in [3.05, 3.63) is 108 Å². The molecule has 1 fully saturated rings. The maximum atomic E-state index is 13.1. The van der Waals surface area contributed by atoms with Crippen LogP contribution in [-0.2, 0) is 61.9 Å². The van der Waals surface area contributed by atoms with Gasteiger partial charge >= 0.3 is 35.8 Å². The minimum atomic E-state index is -0.988. The number of aliphatic hydroxyl groups is 1. The van der Waals surface area contributed by atoms with Crippen molar-refractivity contribution in [3.63, 3.8) is 0 Å². The van der Waals surface area contributed by atoms with E-state index in [9.17, 15) is 33.9 Å². The van der Waals surface area contributed by atoms with Gasteiger partial charge in [-0.3, -0.25) is 28.8 Å². The predicted molar refractivity (Wildman–Crippen MR) is 374 cm³/mol. The van der Waals surface area contributed by atoms with E-state index in [0.717, 1.165) is 77.2 Å². The van der Waals surface area contributed by atoms with E-state index in [1.165, 1.54) is 78.6 Å². The number of benzene rings is 3. The SMILES string of the molecule is CCC1CO1.CCCCCC(CC(C)(CC(C)(CC(C)CC)C(=O)OC)C(=O)OC)c1ccccc1.CCCCCC(CC(C)(CC(C)(CC(O)CC)C(=O)OC)C(=O)OC)c1ccccc1.CCCCCC(CC(C)(CC(C)C(=O)OC)C(=O)OC)c1ccccc1. The lowest BCUT2D eigenvalue weighted by Gasteiger charge is -2.39. The summed E-state index contributed by atoms with van der Waals surface area (Å²) in [6, 6.07) is 31.0. The third-order valence-corrected chi connectivity index (χ3v) is 19.2. The van der Waals surface area contributed by atoms with Crippen molar-refractivity contribution >= 4 is 35.8 Å². The third kappa shape index (κ3) is 30.4. The van der Waals surface area contributed by atoms with Crippen LogP contribution in [0.3, 0.4) is 0 Å². The summed E-state index contributed by atoms with van der Waals surface area (Å²) in [6.45, 7) is 27.2. The zero-order valence-electron chi connectivity index (χ0n) is 61.4. The first kappa shape index (κ1) is 85.4. The molecular formula is C79H128O14. The lowest BCUT2D eigenvalue weighted by atomic mass is 9.65. The van der Waals surface area contributed by atoms with Crippen molar-refractivity contribution in [1.29, 1.82) is 0 Å². The molecule has 1 aliphatic heterocycles. The number of aliphatic hydroxyl groups excluding tert-OH is 1. The molecule has 0 spiro atoms. The maximum absolute atomic E-state index is 13.1. The Bertz CT molecular complexity index is 2420. The van der Waals surface area contributed by atoms with Gasteiger partial charge in [0.05, 0.1) is 94.5 Å². The highest BCUT2D eigenvalue weighted by Gasteiger charge is 2.49. The molecule has 1 aliphatic rings. The van der Waals surface area contributed by atoms with Gasteiger partial charge in [0.15, 0.2) is 0 Å². The Labute approximate surface area is 563 Å². The topological polar surface area (TPSA) is 191 Å². The van der Waals surface area contributed by atoms with E-state index in [1.54, 1.807) is 6.92 Å². The first-order valence-electron chi connectivity index (χ1n) is 35.1. The molecule has 4 rings (SSSR count). The van der Waals surface area contributed by atoms with E-state index < -0.39 is 39.1 Å². The highest BCUT2D eigenvalue weighted by Crippen LogP contribution is 2.49. The first-order chi connectivity index (χ1) is 44.1. The van der Waals surface area contributed by atoms with E-state index in [4.69, 9.17) is 33.2 Å². The van der Waals surface area contributed by atoms with Crippen molar-refractivity contribution in [3.8, 4) is 0 Å². The minimum Gasteiger partial charge on any atom is -0.469 e. The Hall–Kier alpha value is -5.60. The highest BCUT2D eigenvalue weighted by atomic mass is 16.6. The fourth-order valence-electron chi connectivity index (χ4n) is 13.8. The van der Waals surface area contributed by atoms with E-state index in [-0.39, 0.29) is 66.4 Å². The lowest BCUT2D eigenvalue weighted by molar-refractivity contribution is -0.164. The van der Waals surface area contributed by atoms with Gasteiger partial charge in [-0.2, -0.15) is 0 Å². The normalized spacial score (nSPS) is 17.6. The highest BCUT2D eigenvalue weighted by molar-refractivity contribution is 5.82. The smallest absolute Gasteiger partial charge is 0.311 e. The standard InChI is InChI=1S/C27H44O4.C26H42O5.C22H34O4.C4H8O/c1-8-10-12-17-23(22-15-13-11-14-16-22)19-27(5,25(29)31-7)20-26(4,24(28)30-6)18-21(3)9-2;1-7-9-11-16-21(20-14-12-10-13-15-20)17-25(3,23(28)30-5)19-26(4,24(29)31-6)18-22(27)8-2;1-6-7-9-14-19(18-12-10-8-11-13-18)16-22(3,21(24)26-5)15-17(2)20(23)25-4;1-2-4-3-5-4/h11,13-16,21,23H,8-10,12,17-20H2,1-7H3;10,12-15,21-22,27H,7-9,11,16-19H2,1-6H3;8,10-13,17,19H,6-7,9,14-16H2,1-5H3;4H,2-3H2,1H3. The van der Waals surface area contributed by atoms with Crippen molar-refractivity contribution in [2.45, 2.75) is 268 Å². The Morgan fingerprint density at radius 2 is 0.731 bits per heavy atom. The van der Waals surface area contributed by atoms with Gasteiger partial charge in [0.2, 0.25) is 0 Å². The van der Waals surface area contributed by atoms with Crippen molar-refractivity contribution in [2.24, 2.45) is 38.9 Å². The van der Waals surface area contributed by atoms with Crippen molar-refractivity contribution in [2.75, 3.05) is 49.3 Å². The Kier molecular flexibility index (Phi) is 41.3. The molecule has 0 aromatic heterocycles. The van der Waals surface area contributed by atoms with E-state index >= 15 is 0 Å². The molecule has 12 unspecified atom stereocenters. The number of ether oxygens (including phenoxy) is 7. The molecule has 3 aromatic rings. The van der Waals surface area contributed by atoms with Crippen LogP contribution in [0.25, 0.3) is 0 Å². The van der Waals surface area contributed by atoms with Crippen LogP contribution >= 0.6 is 0 Å². The second kappa shape index (κ2) is 44.9. The summed E-state index contributed by atoms with van der Waals surface area (Å²) in [7, 11) is 8.42. The average molecular weight is 1300 g/mol. The van der Waals surface area contributed by atoms with Crippen molar-refractivity contribution < 1.29 is 67.0 Å². The number of unbranched alkanes of at least 4 members (excludes halogenated alkanes) is 6.